The van der Waals surface area contributed by atoms with Crippen LogP contribution in [-0.2, 0) is 11.3 Å². The van der Waals surface area contributed by atoms with E-state index in [0.717, 1.165) is 48.6 Å². The Bertz CT molecular complexity index is 720. The number of benzene rings is 2. The molecule has 0 bridgehead atoms. The number of nitrogens with zero attached hydrogens (tertiary/aromatic N) is 1. The quantitative estimate of drug-likeness (QED) is 0.804. The zero-order chi connectivity index (χ0) is 17.6. The number of rotatable bonds is 5. The van der Waals surface area contributed by atoms with Crippen LogP contribution < -0.4 is 5.32 Å². The van der Waals surface area contributed by atoms with Crippen molar-refractivity contribution in [2.24, 2.45) is 5.92 Å². The molecule has 1 heterocycles. The number of likely N-dealkylation sites (tertiary alicyclic amines) is 1. The van der Waals surface area contributed by atoms with Gasteiger partial charge in [0.1, 0.15) is 5.82 Å². The lowest BCUT2D eigenvalue weighted by atomic mass is 9.96. The monoisotopic (exact) mass is 358 g/mol. The van der Waals surface area contributed by atoms with E-state index in [1.807, 2.05) is 42.7 Å². The molecule has 1 atom stereocenters. The molecule has 2 aromatic rings. The topological polar surface area (TPSA) is 32.3 Å². The van der Waals surface area contributed by atoms with Crippen molar-refractivity contribution in [1.29, 1.82) is 0 Å². The summed E-state index contributed by atoms with van der Waals surface area (Å²) in [6.07, 6.45) is 3.94. The molecule has 0 unspecified atom stereocenters. The number of piperidine rings is 1. The van der Waals surface area contributed by atoms with E-state index in [1.165, 1.54) is 12.1 Å². The van der Waals surface area contributed by atoms with Crippen LogP contribution in [0.15, 0.2) is 53.4 Å². The molecule has 0 spiro atoms. The van der Waals surface area contributed by atoms with Crippen molar-refractivity contribution < 1.29 is 9.18 Å². The van der Waals surface area contributed by atoms with Crippen LogP contribution in [0.1, 0.15) is 18.4 Å². The van der Waals surface area contributed by atoms with E-state index < -0.39 is 0 Å². The Balaban J connectivity index is 1.58. The molecule has 0 saturated carbocycles. The SMILES string of the molecule is CSc1cccc(NC(=O)[C@@H]2CCCN(Cc3ccc(F)cc3)C2)c1. The van der Waals surface area contributed by atoms with Crippen molar-refractivity contribution in [3.8, 4) is 0 Å². The van der Waals surface area contributed by atoms with Gasteiger partial charge in [-0.05, 0) is 61.5 Å². The fourth-order valence-corrected chi connectivity index (χ4v) is 3.67. The number of hydrogen-bond donors (Lipinski definition) is 1. The number of halogens is 1. The van der Waals surface area contributed by atoms with Gasteiger partial charge in [0.05, 0.1) is 5.92 Å². The molecule has 1 saturated heterocycles. The summed E-state index contributed by atoms with van der Waals surface area (Å²) in [4.78, 5) is 16.0. The Labute approximate surface area is 152 Å². The highest BCUT2D eigenvalue weighted by atomic mass is 32.2. The number of carbonyl (C=O) groups excluding carboxylic acids is 1. The van der Waals surface area contributed by atoms with Crippen molar-refractivity contribution in [3.63, 3.8) is 0 Å². The van der Waals surface area contributed by atoms with Gasteiger partial charge < -0.3 is 5.32 Å². The first-order valence-corrected chi connectivity index (χ1v) is 9.78. The van der Waals surface area contributed by atoms with Crippen LogP contribution in [-0.4, -0.2) is 30.2 Å². The smallest absolute Gasteiger partial charge is 0.228 e. The second kappa shape index (κ2) is 8.50. The van der Waals surface area contributed by atoms with E-state index in [4.69, 9.17) is 0 Å². The zero-order valence-corrected chi connectivity index (χ0v) is 15.2. The van der Waals surface area contributed by atoms with Crippen LogP contribution in [0.3, 0.4) is 0 Å². The molecular formula is C20H23FN2OS. The van der Waals surface area contributed by atoms with Crippen molar-refractivity contribution in [1.82, 2.24) is 4.90 Å². The molecule has 1 N–H and O–H groups in total. The minimum Gasteiger partial charge on any atom is -0.326 e. The Morgan fingerprint density at radius 1 is 1.28 bits per heavy atom. The fraction of sp³-hybridized carbons (Fsp3) is 0.350. The summed E-state index contributed by atoms with van der Waals surface area (Å²) in [7, 11) is 0. The minimum absolute atomic E-state index is 0.00728. The molecule has 1 aliphatic heterocycles. The molecule has 5 heteroatoms. The summed E-state index contributed by atoms with van der Waals surface area (Å²) in [6.45, 7) is 2.47. The highest BCUT2D eigenvalue weighted by Gasteiger charge is 2.25. The predicted octanol–water partition coefficient (Wildman–Crippen LogP) is 4.40. The summed E-state index contributed by atoms with van der Waals surface area (Å²) in [6, 6.07) is 14.5. The van der Waals surface area contributed by atoms with Gasteiger partial charge in [0, 0.05) is 23.7 Å². The van der Waals surface area contributed by atoms with Crippen molar-refractivity contribution in [2.45, 2.75) is 24.3 Å². The molecule has 0 aromatic heterocycles. The highest BCUT2D eigenvalue weighted by Crippen LogP contribution is 2.23. The summed E-state index contributed by atoms with van der Waals surface area (Å²) in [5.74, 6) is -0.138. The molecule has 1 amide bonds. The Kier molecular flexibility index (Phi) is 6.10. The largest absolute Gasteiger partial charge is 0.326 e. The fourth-order valence-electron chi connectivity index (χ4n) is 3.21. The molecule has 0 radical (unpaired) electrons. The van der Waals surface area contributed by atoms with Gasteiger partial charge in [-0.15, -0.1) is 11.8 Å². The number of amides is 1. The van der Waals surface area contributed by atoms with Gasteiger partial charge in [-0.1, -0.05) is 18.2 Å². The Hall–Kier alpha value is -1.85. The zero-order valence-electron chi connectivity index (χ0n) is 14.4. The van der Waals surface area contributed by atoms with Crippen molar-refractivity contribution in [2.75, 3.05) is 24.7 Å². The summed E-state index contributed by atoms with van der Waals surface area (Å²) in [5.41, 5.74) is 1.93. The lowest BCUT2D eigenvalue weighted by molar-refractivity contribution is -0.121. The van der Waals surface area contributed by atoms with Gasteiger partial charge >= 0.3 is 0 Å². The molecule has 1 aliphatic rings. The second-order valence-electron chi connectivity index (χ2n) is 6.42. The van der Waals surface area contributed by atoms with Crippen LogP contribution in [0.2, 0.25) is 0 Å². The summed E-state index contributed by atoms with van der Waals surface area (Å²) >= 11 is 1.66. The first kappa shape index (κ1) is 18.0. The van der Waals surface area contributed by atoms with E-state index in [9.17, 15) is 9.18 Å². The lowest BCUT2D eigenvalue weighted by Crippen LogP contribution is -2.40. The molecule has 3 rings (SSSR count). The predicted molar refractivity (Wildman–Crippen MR) is 101 cm³/mol. The van der Waals surface area contributed by atoms with Crippen LogP contribution in [0.4, 0.5) is 10.1 Å². The third-order valence-corrected chi connectivity index (χ3v) is 5.26. The van der Waals surface area contributed by atoms with E-state index in [2.05, 4.69) is 10.2 Å². The van der Waals surface area contributed by atoms with E-state index >= 15 is 0 Å². The van der Waals surface area contributed by atoms with E-state index in [1.54, 1.807) is 11.8 Å². The average molecular weight is 358 g/mol. The Morgan fingerprint density at radius 3 is 2.84 bits per heavy atom. The number of carbonyl (C=O) groups is 1. The van der Waals surface area contributed by atoms with E-state index in [-0.39, 0.29) is 17.6 Å². The first-order valence-electron chi connectivity index (χ1n) is 8.56. The number of hydrogen-bond acceptors (Lipinski definition) is 3. The third-order valence-electron chi connectivity index (χ3n) is 4.53. The molecule has 2 aromatic carbocycles. The van der Waals surface area contributed by atoms with Gasteiger partial charge in [-0.3, -0.25) is 9.69 Å². The van der Waals surface area contributed by atoms with Gasteiger partial charge in [-0.25, -0.2) is 4.39 Å². The van der Waals surface area contributed by atoms with Crippen molar-refractivity contribution in [3.05, 3.63) is 59.9 Å². The summed E-state index contributed by atoms with van der Waals surface area (Å²) < 4.78 is 13.0. The van der Waals surface area contributed by atoms with Crippen LogP contribution >= 0.6 is 11.8 Å². The lowest BCUT2D eigenvalue weighted by Gasteiger charge is -2.32. The van der Waals surface area contributed by atoms with Gasteiger partial charge in [0.2, 0.25) is 5.91 Å². The van der Waals surface area contributed by atoms with Gasteiger partial charge in [0.25, 0.3) is 0 Å². The molecule has 132 valence electrons. The van der Waals surface area contributed by atoms with Gasteiger partial charge in [-0.2, -0.15) is 0 Å². The molecule has 3 nitrogen and oxygen atoms in total. The minimum atomic E-state index is -0.216. The second-order valence-corrected chi connectivity index (χ2v) is 7.30. The van der Waals surface area contributed by atoms with Gasteiger partial charge in [0.15, 0.2) is 0 Å². The average Bonchev–Trinajstić information content (AvgIpc) is 2.64. The molecule has 25 heavy (non-hydrogen) atoms. The first-order chi connectivity index (χ1) is 12.1. The third kappa shape index (κ3) is 5.06. The standard InChI is InChI=1S/C20H23FN2OS/c1-25-19-6-2-5-18(12-19)22-20(24)16-4-3-11-23(14-16)13-15-7-9-17(21)10-8-15/h2,5-10,12,16H,3-4,11,13-14H2,1H3,(H,22,24)/t16-/m1/s1. The maximum absolute atomic E-state index is 13.0. The number of anilines is 1. The normalized spacial score (nSPS) is 18.1. The van der Waals surface area contributed by atoms with Crippen LogP contribution in [0.25, 0.3) is 0 Å². The van der Waals surface area contributed by atoms with E-state index in [0.29, 0.717) is 0 Å². The molecule has 0 aliphatic carbocycles. The maximum Gasteiger partial charge on any atom is 0.228 e. The summed E-state index contributed by atoms with van der Waals surface area (Å²) in [5, 5.41) is 3.05. The van der Waals surface area contributed by atoms with Crippen LogP contribution in [0, 0.1) is 11.7 Å². The van der Waals surface area contributed by atoms with Crippen molar-refractivity contribution >= 4 is 23.4 Å². The number of nitrogens with one attached hydrogen (secondary N) is 1. The van der Waals surface area contributed by atoms with Crippen LogP contribution in [0.5, 0.6) is 0 Å². The molecule has 1 fully saturated rings. The maximum atomic E-state index is 13.0. The highest BCUT2D eigenvalue weighted by molar-refractivity contribution is 7.98. The number of thioether (sulfide) groups is 1. The Morgan fingerprint density at radius 2 is 2.08 bits per heavy atom. The molecular weight excluding hydrogens is 335 g/mol.